The van der Waals surface area contributed by atoms with Gasteiger partial charge in [-0.1, -0.05) is 0 Å². The zero-order valence-corrected chi connectivity index (χ0v) is 16.6. The Balaban J connectivity index is 2.17. The molecule has 0 unspecified atom stereocenters. The van der Waals surface area contributed by atoms with Gasteiger partial charge in [0.25, 0.3) is 0 Å². The molecule has 1 aliphatic carbocycles. The van der Waals surface area contributed by atoms with Crippen LogP contribution in [0.2, 0.25) is 0 Å². The van der Waals surface area contributed by atoms with E-state index in [0.29, 0.717) is 5.66 Å². The van der Waals surface area contributed by atoms with Gasteiger partial charge in [0.1, 0.15) is 0 Å². The fraction of sp³-hybridized carbons (Fsp3) is 0.240. The van der Waals surface area contributed by atoms with E-state index in [4.69, 9.17) is 0 Å². The third kappa shape index (κ3) is 2.60. The molecular weight excluding hydrogens is 347 g/mol. The van der Waals surface area contributed by atoms with Crippen LogP contribution in [-0.2, 0) is 4.79 Å². The van der Waals surface area contributed by atoms with Crippen molar-refractivity contribution in [1.29, 1.82) is 0 Å². The fourth-order valence-electron chi connectivity index (χ4n) is 5.21. The van der Waals surface area contributed by atoms with Gasteiger partial charge < -0.3 is 0 Å². The summed E-state index contributed by atoms with van der Waals surface area (Å²) in [4.78, 5) is 13.5. The number of rotatable bonds is 5. The molecule has 0 spiro atoms. The van der Waals surface area contributed by atoms with E-state index in [1.807, 2.05) is 0 Å². The Labute approximate surface area is 162 Å². The van der Waals surface area contributed by atoms with E-state index in [0.717, 1.165) is 12.8 Å². The zero-order valence-electron chi connectivity index (χ0n) is 15.7. The van der Waals surface area contributed by atoms with Crippen LogP contribution in [0.15, 0.2) is 91.0 Å². The quantitative estimate of drug-likeness (QED) is 0.452. The van der Waals surface area contributed by atoms with Crippen LogP contribution < -0.4 is 15.9 Å². The summed E-state index contributed by atoms with van der Waals surface area (Å²) < 4.78 is 0. The van der Waals surface area contributed by atoms with Gasteiger partial charge in [0.05, 0.1) is 0 Å². The minimum atomic E-state index is -3.25. The van der Waals surface area contributed by atoms with E-state index in [1.54, 1.807) is 0 Å². The van der Waals surface area contributed by atoms with Crippen molar-refractivity contribution < 1.29 is 4.79 Å². The molecule has 0 N–H and O–H groups in total. The van der Waals surface area contributed by atoms with Gasteiger partial charge in [-0.05, 0) is 0 Å². The Morgan fingerprint density at radius 2 is 0.963 bits per heavy atom. The standard InChI is InChI=1S/C25H27OP/c26-21-27(22-13-5-1-6-14-22,23-15-7-2-8-16-23,24-17-9-3-10-18-24)25-19-11-4-12-20-25/h1-3,5-10,13-18,21,25H,4,11-12,19-20H2. The summed E-state index contributed by atoms with van der Waals surface area (Å²) in [5, 5.41) is 3.63. The van der Waals surface area contributed by atoms with Crippen molar-refractivity contribution in [3.8, 4) is 0 Å². The molecular formula is C25H27OP. The Morgan fingerprint density at radius 1 is 0.593 bits per heavy atom. The molecule has 2 heteroatoms. The van der Waals surface area contributed by atoms with Gasteiger partial charge in [-0.2, -0.15) is 0 Å². The fourth-order valence-corrected chi connectivity index (χ4v) is 11.8. The molecule has 27 heavy (non-hydrogen) atoms. The predicted octanol–water partition coefficient (Wildman–Crippen LogP) is 5.04. The van der Waals surface area contributed by atoms with Gasteiger partial charge in [0, 0.05) is 0 Å². The summed E-state index contributed by atoms with van der Waals surface area (Å²) in [5.41, 5.74) is 0.370. The molecule has 3 aromatic rings. The molecule has 0 atom stereocenters. The van der Waals surface area contributed by atoms with Gasteiger partial charge in [-0.25, -0.2) is 0 Å². The van der Waals surface area contributed by atoms with Crippen LogP contribution >= 0.6 is 6.60 Å². The van der Waals surface area contributed by atoms with Crippen molar-refractivity contribution in [3.05, 3.63) is 91.0 Å². The Bertz CT molecular complexity index is 784. The topological polar surface area (TPSA) is 17.1 Å². The van der Waals surface area contributed by atoms with Gasteiger partial charge in [0.2, 0.25) is 0 Å². The first-order chi connectivity index (χ1) is 13.3. The van der Waals surface area contributed by atoms with Crippen molar-refractivity contribution in [2.75, 3.05) is 0 Å². The molecule has 0 bridgehead atoms. The third-order valence-electron chi connectivity index (χ3n) is 6.49. The molecule has 1 aliphatic rings. The van der Waals surface area contributed by atoms with Crippen molar-refractivity contribution in [2.24, 2.45) is 0 Å². The van der Waals surface area contributed by atoms with Crippen LogP contribution in [0.5, 0.6) is 0 Å². The molecule has 1 nitrogen and oxygen atoms in total. The number of benzene rings is 3. The van der Waals surface area contributed by atoms with Crippen LogP contribution in [0.3, 0.4) is 0 Å². The second-order valence-electron chi connectivity index (χ2n) is 7.66. The Kier molecular flexibility index (Phi) is 4.98. The number of carbonyl (C=O) groups excluding carboxylic acids is 1. The molecule has 0 radical (unpaired) electrons. The van der Waals surface area contributed by atoms with E-state index >= 15 is 0 Å². The van der Waals surface area contributed by atoms with Crippen LogP contribution in [0.4, 0.5) is 0 Å². The molecule has 0 heterocycles. The van der Waals surface area contributed by atoms with Gasteiger partial charge in [-0.15, -0.1) is 0 Å². The average Bonchev–Trinajstić information content (AvgIpc) is 2.78. The second-order valence-corrected chi connectivity index (χ2v) is 12.7. The van der Waals surface area contributed by atoms with E-state index in [9.17, 15) is 4.79 Å². The Morgan fingerprint density at radius 3 is 1.30 bits per heavy atom. The summed E-state index contributed by atoms with van der Waals surface area (Å²) in [6.07, 6.45) is 5.94. The monoisotopic (exact) mass is 374 g/mol. The van der Waals surface area contributed by atoms with Crippen LogP contribution in [0, 0.1) is 0 Å². The first kappa shape index (κ1) is 18.1. The van der Waals surface area contributed by atoms with Crippen LogP contribution in [0.25, 0.3) is 0 Å². The molecule has 0 aromatic heterocycles. The summed E-state index contributed by atoms with van der Waals surface area (Å²) in [5.74, 6) is 0. The SMILES string of the molecule is O=CP(c1ccccc1)(c1ccccc1)(c1ccccc1)C1CCCCC1. The Hall–Kier alpha value is -2.24. The molecule has 0 amide bonds. The van der Waals surface area contributed by atoms with E-state index in [2.05, 4.69) is 91.0 Å². The first-order valence-electron chi connectivity index (χ1n) is 9.97. The van der Waals surface area contributed by atoms with Crippen molar-refractivity contribution in [1.82, 2.24) is 0 Å². The first-order valence-corrected chi connectivity index (χ1v) is 12.3. The molecule has 0 saturated heterocycles. The number of hydrogen-bond acceptors (Lipinski definition) is 1. The van der Waals surface area contributed by atoms with Crippen molar-refractivity contribution in [3.63, 3.8) is 0 Å². The normalized spacial score (nSPS) is 17.0. The average molecular weight is 374 g/mol. The van der Waals surface area contributed by atoms with Gasteiger partial charge in [-0.3, -0.25) is 0 Å². The molecule has 4 rings (SSSR count). The zero-order chi connectivity index (χ0) is 18.6. The van der Waals surface area contributed by atoms with E-state index in [1.165, 1.54) is 41.2 Å². The number of hydrogen-bond donors (Lipinski definition) is 0. The van der Waals surface area contributed by atoms with Crippen molar-refractivity contribution >= 4 is 28.5 Å². The molecule has 3 aromatic carbocycles. The molecule has 1 fully saturated rings. The molecule has 0 aliphatic heterocycles. The third-order valence-corrected chi connectivity index (χ3v) is 13.2. The maximum absolute atomic E-state index is 13.5. The van der Waals surface area contributed by atoms with Crippen molar-refractivity contribution in [2.45, 2.75) is 37.8 Å². The minimum absolute atomic E-state index is 0.370. The predicted molar refractivity (Wildman–Crippen MR) is 119 cm³/mol. The summed E-state index contributed by atoms with van der Waals surface area (Å²) in [7, 11) is 0. The maximum atomic E-state index is 13.5. The van der Waals surface area contributed by atoms with Gasteiger partial charge in [0.15, 0.2) is 0 Å². The summed E-state index contributed by atoms with van der Waals surface area (Å²) >= 11 is 0. The van der Waals surface area contributed by atoms with E-state index < -0.39 is 6.60 Å². The van der Waals surface area contributed by atoms with Crippen LogP contribution in [0.1, 0.15) is 32.1 Å². The number of carbonyl (C=O) groups is 1. The summed E-state index contributed by atoms with van der Waals surface area (Å²) in [6.45, 7) is -3.25. The molecule has 138 valence electrons. The van der Waals surface area contributed by atoms with Gasteiger partial charge >= 0.3 is 162 Å². The van der Waals surface area contributed by atoms with Crippen LogP contribution in [-0.4, -0.2) is 11.7 Å². The second kappa shape index (κ2) is 7.41. The summed E-state index contributed by atoms with van der Waals surface area (Å²) in [6, 6.07) is 33.3. The molecule has 1 saturated carbocycles. The van der Waals surface area contributed by atoms with E-state index in [-0.39, 0.29) is 0 Å².